The number of azide groups is 1. The maximum Gasteiger partial charge on any atom is 0.414 e. The third-order valence-corrected chi connectivity index (χ3v) is 3.06. The number of benzene rings is 1. The minimum Gasteiger partial charge on any atom is -0.486 e. The molecule has 0 saturated carbocycles. The smallest absolute Gasteiger partial charge is 0.414 e. The first kappa shape index (κ1) is 12.4. The summed E-state index contributed by atoms with van der Waals surface area (Å²) in [5.74, 6) is 1.28. The van der Waals surface area contributed by atoms with E-state index in [-0.39, 0.29) is 6.54 Å². The Balaban J connectivity index is 1.79. The van der Waals surface area contributed by atoms with E-state index in [1.807, 2.05) is 0 Å². The van der Waals surface area contributed by atoms with Gasteiger partial charge in [-0.1, -0.05) is 5.11 Å². The number of anilines is 1. The lowest BCUT2D eigenvalue weighted by molar-refractivity contribution is 0.145. The van der Waals surface area contributed by atoms with Gasteiger partial charge in [-0.15, -0.1) is 0 Å². The molecule has 0 aliphatic carbocycles. The van der Waals surface area contributed by atoms with Crippen molar-refractivity contribution in [2.24, 2.45) is 5.11 Å². The number of nitrogens with zero attached hydrogens (tertiary/aromatic N) is 4. The van der Waals surface area contributed by atoms with E-state index in [2.05, 4.69) is 10.0 Å². The van der Waals surface area contributed by atoms with Gasteiger partial charge >= 0.3 is 6.09 Å². The van der Waals surface area contributed by atoms with Crippen LogP contribution in [0.5, 0.6) is 11.5 Å². The van der Waals surface area contributed by atoms with Gasteiger partial charge in [0.15, 0.2) is 11.5 Å². The molecule has 1 atom stereocenters. The molecule has 2 heterocycles. The van der Waals surface area contributed by atoms with Gasteiger partial charge in [0.05, 0.1) is 18.8 Å². The van der Waals surface area contributed by atoms with E-state index >= 15 is 0 Å². The molecule has 8 nitrogen and oxygen atoms in total. The molecule has 1 fully saturated rings. The van der Waals surface area contributed by atoms with Crippen molar-refractivity contribution in [3.63, 3.8) is 0 Å². The molecule has 0 unspecified atom stereocenters. The summed E-state index contributed by atoms with van der Waals surface area (Å²) in [4.78, 5) is 16.0. The predicted octanol–water partition coefficient (Wildman–Crippen LogP) is 2.09. The van der Waals surface area contributed by atoms with Gasteiger partial charge in [-0.05, 0) is 17.7 Å². The first-order chi connectivity index (χ1) is 9.78. The average Bonchev–Trinajstić information content (AvgIpc) is 2.85. The Morgan fingerprint density at radius 2 is 2.15 bits per heavy atom. The molecule has 1 saturated heterocycles. The fourth-order valence-electron chi connectivity index (χ4n) is 2.15. The largest absolute Gasteiger partial charge is 0.486 e. The van der Waals surface area contributed by atoms with Crippen LogP contribution in [-0.4, -0.2) is 38.5 Å². The topological polar surface area (TPSA) is 96.8 Å². The van der Waals surface area contributed by atoms with Crippen molar-refractivity contribution < 1.29 is 19.0 Å². The van der Waals surface area contributed by atoms with Crippen molar-refractivity contribution in [2.45, 2.75) is 6.10 Å². The summed E-state index contributed by atoms with van der Waals surface area (Å²) < 4.78 is 16.0. The van der Waals surface area contributed by atoms with Gasteiger partial charge in [0.25, 0.3) is 0 Å². The average molecular weight is 276 g/mol. The summed E-state index contributed by atoms with van der Waals surface area (Å²) in [7, 11) is 0. The quantitative estimate of drug-likeness (QED) is 0.479. The maximum absolute atomic E-state index is 11.8. The highest BCUT2D eigenvalue weighted by atomic mass is 16.6. The second-order valence-electron chi connectivity index (χ2n) is 4.36. The summed E-state index contributed by atoms with van der Waals surface area (Å²) in [6, 6.07) is 5.27. The molecule has 0 aromatic heterocycles. The maximum atomic E-state index is 11.8. The Hall–Kier alpha value is -2.60. The van der Waals surface area contributed by atoms with Crippen LogP contribution in [0.4, 0.5) is 10.5 Å². The molecule has 2 aliphatic heterocycles. The van der Waals surface area contributed by atoms with Gasteiger partial charge < -0.3 is 14.2 Å². The van der Waals surface area contributed by atoms with Gasteiger partial charge in [-0.2, -0.15) is 0 Å². The number of hydrogen-bond acceptors (Lipinski definition) is 5. The monoisotopic (exact) mass is 276 g/mol. The molecule has 0 N–H and O–H groups in total. The highest BCUT2D eigenvalue weighted by molar-refractivity contribution is 5.90. The third-order valence-electron chi connectivity index (χ3n) is 3.06. The highest BCUT2D eigenvalue weighted by Crippen LogP contribution is 2.35. The second-order valence-corrected chi connectivity index (χ2v) is 4.36. The fraction of sp³-hybridized carbons (Fsp3) is 0.417. The summed E-state index contributed by atoms with van der Waals surface area (Å²) in [6.07, 6.45) is -0.883. The number of fused-ring (bicyclic) bond motifs is 1. The fourth-order valence-corrected chi connectivity index (χ4v) is 2.15. The zero-order chi connectivity index (χ0) is 13.9. The number of rotatable bonds is 3. The first-order valence-corrected chi connectivity index (χ1v) is 6.16. The Kier molecular flexibility index (Phi) is 3.22. The van der Waals surface area contributed by atoms with Crippen molar-refractivity contribution in [1.82, 2.24) is 0 Å². The Morgan fingerprint density at radius 1 is 1.35 bits per heavy atom. The molecule has 0 spiro atoms. The zero-order valence-corrected chi connectivity index (χ0v) is 10.6. The van der Waals surface area contributed by atoms with E-state index in [0.717, 1.165) is 0 Å². The second kappa shape index (κ2) is 5.18. The van der Waals surface area contributed by atoms with E-state index in [0.29, 0.717) is 36.9 Å². The van der Waals surface area contributed by atoms with Crippen LogP contribution < -0.4 is 14.4 Å². The third kappa shape index (κ3) is 2.28. The van der Waals surface area contributed by atoms with E-state index in [9.17, 15) is 4.79 Å². The van der Waals surface area contributed by atoms with E-state index in [1.165, 1.54) is 4.90 Å². The molecule has 8 heteroatoms. The SMILES string of the molecule is [N-]=[N+]=NC[C@@H]1CN(c2ccc3c(c2)OCCO3)C(=O)O1. The zero-order valence-electron chi connectivity index (χ0n) is 10.6. The van der Waals surface area contributed by atoms with Crippen molar-refractivity contribution >= 4 is 11.8 Å². The van der Waals surface area contributed by atoms with Gasteiger partial charge in [-0.3, -0.25) is 4.90 Å². The molecule has 0 radical (unpaired) electrons. The minimum absolute atomic E-state index is 0.128. The number of amides is 1. The van der Waals surface area contributed by atoms with Gasteiger partial charge in [-0.25, -0.2) is 4.79 Å². The number of hydrogen-bond donors (Lipinski definition) is 0. The number of ether oxygens (including phenoxy) is 3. The van der Waals surface area contributed by atoms with Crippen LogP contribution in [0.1, 0.15) is 0 Å². The molecule has 1 amide bonds. The van der Waals surface area contributed by atoms with Crippen molar-refractivity contribution in [1.29, 1.82) is 0 Å². The lowest BCUT2D eigenvalue weighted by Crippen LogP contribution is -2.25. The first-order valence-electron chi connectivity index (χ1n) is 6.16. The molecule has 2 aliphatic rings. The lowest BCUT2D eigenvalue weighted by Gasteiger charge is -2.20. The lowest BCUT2D eigenvalue weighted by atomic mass is 10.2. The Bertz CT molecular complexity index is 585. The van der Waals surface area contributed by atoms with Crippen LogP contribution in [0, 0.1) is 0 Å². The number of carbonyl (C=O) groups is 1. The minimum atomic E-state index is -0.459. The van der Waals surface area contributed by atoms with E-state index in [1.54, 1.807) is 18.2 Å². The summed E-state index contributed by atoms with van der Waals surface area (Å²) in [6.45, 7) is 1.48. The normalized spacial score (nSPS) is 20.3. The van der Waals surface area contributed by atoms with Gasteiger partial charge in [0, 0.05) is 11.0 Å². The van der Waals surface area contributed by atoms with E-state index in [4.69, 9.17) is 19.7 Å². The molecular weight excluding hydrogens is 264 g/mol. The predicted molar refractivity (Wildman–Crippen MR) is 69.1 cm³/mol. The molecule has 20 heavy (non-hydrogen) atoms. The molecule has 1 aromatic carbocycles. The molecule has 1 aromatic rings. The summed E-state index contributed by atoms with van der Waals surface area (Å²) in [5.41, 5.74) is 8.95. The van der Waals surface area contributed by atoms with Crippen LogP contribution in [0.15, 0.2) is 23.3 Å². The number of cyclic esters (lactones) is 1. The van der Waals surface area contributed by atoms with Crippen LogP contribution in [0.25, 0.3) is 10.4 Å². The summed E-state index contributed by atoms with van der Waals surface area (Å²) in [5, 5.41) is 3.42. The van der Waals surface area contributed by atoms with Crippen LogP contribution in [0.3, 0.4) is 0 Å². The molecule has 104 valence electrons. The van der Waals surface area contributed by atoms with E-state index < -0.39 is 12.2 Å². The van der Waals surface area contributed by atoms with Crippen LogP contribution in [0.2, 0.25) is 0 Å². The van der Waals surface area contributed by atoms with Crippen LogP contribution in [-0.2, 0) is 4.74 Å². The summed E-state index contributed by atoms with van der Waals surface area (Å²) >= 11 is 0. The van der Waals surface area contributed by atoms with Gasteiger partial charge in [0.1, 0.15) is 19.3 Å². The van der Waals surface area contributed by atoms with Crippen LogP contribution >= 0.6 is 0 Å². The standard InChI is InChI=1S/C12H12N4O4/c13-15-14-6-9-7-16(12(17)20-9)8-1-2-10-11(5-8)19-4-3-18-10/h1-2,5,9H,3-4,6-7H2/t9-/m1/s1. The Labute approximate surface area is 114 Å². The van der Waals surface area contributed by atoms with Gasteiger partial charge in [0.2, 0.25) is 0 Å². The molecular formula is C12H12N4O4. The molecule has 3 rings (SSSR count). The Morgan fingerprint density at radius 3 is 2.95 bits per heavy atom. The van der Waals surface area contributed by atoms with Crippen molar-refractivity contribution in [3.05, 3.63) is 28.6 Å². The highest BCUT2D eigenvalue weighted by Gasteiger charge is 2.32. The molecule has 0 bridgehead atoms. The van der Waals surface area contributed by atoms with Crippen molar-refractivity contribution in [3.8, 4) is 11.5 Å². The van der Waals surface area contributed by atoms with Crippen molar-refractivity contribution in [2.75, 3.05) is 31.2 Å². The number of carbonyl (C=O) groups excluding carboxylic acids is 1.